The van der Waals surface area contributed by atoms with Gasteiger partial charge in [0.1, 0.15) is 11.8 Å². The molecule has 31 heavy (non-hydrogen) atoms. The van der Waals surface area contributed by atoms with Gasteiger partial charge < -0.3 is 14.8 Å². The van der Waals surface area contributed by atoms with Crippen LogP contribution in [0, 0.1) is 0 Å². The van der Waals surface area contributed by atoms with Crippen molar-refractivity contribution >= 4 is 39.9 Å². The Kier molecular flexibility index (Phi) is 9.20. The Bertz CT molecular complexity index is 946. The molecule has 0 spiro atoms. The summed E-state index contributed by atoms with van der Waals surface area (Å²) in [5, 5.41) is 6.52. The van der Waals surface area contributed by atoms with Crippen LogP contribution in [0.25, 0.3) is 0 Å². The van der Waals surface area contributed by atoms with E-state index in [0.29, 0.717) is 28.0 Å². The number of hydrogen-bond acceptors (Lipinski definition) is 6. The molecule has 164 valence electrons. The molecular weight excluding hydrogens is 466 g/mol. The first-order valence-corrected chi connectivity index (χ1v) is 10.4. The molecule has 2 amide bonds. The number of nitrogens with one attached hydrogen (secondary N) is 2. The number of amides is 2. The average Bonchev–Trinajstić information content (AvgIpc) is 2.75. The van der Waals surface area contributed by atoms with Crippen LogP contribution in [-0.4, -0.2) is 42.8 Å². The molecule has 2 aromatic carbocycles. The minimum Gasteiger partial charge on any atom is -0.479 e. The Labute approximate surface area is 189 Å². The maximum Gasteiger partial charge on any atom is 0.347 e. The Morgan fingerprint density at radius 3 is 2.42 bits per heavy atom. The first-order chi connectivity index (χ1) is 14.8. The Morgan fingerprint density at radius 2 is 1.77 bits per heavy atom. The monoisotopic (exact) mass is 489 g/mol. The summed E-state index contributed by atoms with van der Waals surface area (Å²) in [4.78, 5) is 36.0. The van der Waals surface area contributed by atoms with Gasteiger partial charge >= 0.3 is 5.97 Å². The SMILES string of the molecule is CCOC(=O)C(C)Oc1ccc(C=NNC(=O)C(C)NC(=O)c2ccccc2Br)cc1. The maximum absolute atomic E-state index is 12.3. The summed E-state index contributed by atoms with van der Waals surface area (Å²) < 4.78 is 11.0. The van der Waals surface area contributed by atoms with Crippen molar-refractivity contribution in [2.75, 3.05) is 6.61 Å². The first kappa shape index (κ1) is 24.1. The molecule has 0 aliphatic carbocycles. The number of rotatable bonds is 9. The van der Waals surface area contributed by atoms with Crippen LogP contribution < -0.4 is 15.5 Å². The van der Waals surface area contributed by atoms with E-state index >= 15 is 0 Å². The molecule has 9 heteroatoms. The van der Waals surface area contributed by atoms with Gasteiger partial charge in [0.2, 0.25) is 0 Å². The number of ether oxygens (including phenoxy) is 2. The summed E-state index contributed by atoms with van der Waals surface area (Å²) in [6, 6.07) is 13.0. The Balaban J connectivity index is 1.84. The van der Waals surface area contributed by atoms with Crippen molar-refractivity contribution in [1.29, 1.82) is 0 Å². The number of carbonyl (C=O) groups excluding carboxylic acids is 3. The molecule has 0 saturated heterocycles. The van der Waals surface area contributed by atoms with Crippen LogP contribution in [0.3, 0.4) is 0 Å². The third-order valence-corrected chi connectivity index (χ3v) is 4.75. The zero-order valence-electron chi connectivity index (χ0n) is 17.4. The topological polar surface area (TPSA) is 106 Å². The normalized spacial score (nSPS) is 12.6. The number of nitrogens with zero attached hydrogens (tertiary/aromatic N) is 1. The van der Waals surface area contributed by atoms with Gasteiger partial charge in [0.05, 0.1) is 18.4 Å². The highest BCUT2D eigenvalue weighted by atomic mass is 79.9. The summed E-state index contributed by atoms with van der Waals surface area (Å²) in [7, 11) is 0. The number of hydrazone groups is 1. The number of benzene rings is 2. The van der Waals surface area contributed by atoms with Crippen molar-refractivity contribution < 1.29 is 23.9 Å². The van der Waals surface area contributed by atoms with Crippen LogP contribution in [0.4, 0.5) is 0 Å². The lowest BCUT2D eigenvalue weighted by Gasteiger charge is -2.13. The highest BCUT2D eigenvalue weighted by Crippen LogP contribution is 2.16. The van der Waals surface area contributed by atoms with Gasteiger partial charge in [0, 0.05) is 4.47 Å². The fourth-order valence-electron chi connectivity index (χ4n) is 2.40. The van der Waals surface area contributed by atoms with Gasteiger partial charge in [0.25, 0.3) is 11.8 Å². The van der Waals surface area contributed by atoms with E-state index in [0.717, 1.165) is 0 Å². The van der Waals surface area contributed by atoms with E-state index in [2.05, 4.69) is 31.8 Å². The van der Waals surface area contributed by atoms with E-state index < -0.39 is 24.0 Å². The molecule has 0 aromatic heterocycles. The van der Waals surface area contributed by atoms with Gasteiger partial charge in [-0.05, 0) is 78.7 Å². The number of esters is 1. The molecule has 2 aromatic rings. The first-order valence-electron chi connectivity index (χ1n) is 9.63. The molecule has 0 aliphatic heterocycles. The van der Waals surface area contributed by atoms with E-state index in [1.54, 1.807) is 69.3 Å². The fourth-order valence-corrected chi connectivity index (χ4v) is 2.86. The second-order valence-electron chi connectivity index (χ2n) is 6.49. The molecule has 0 radical (unpaired) electrons. The van der Waals surface area contributed by atoms with Crippen LogP contribution in [0.1, 0.15) is 36.7 Å². The van der Waals surface area contributed by atoms with Gasteiger partial charge in [-0.2, -0.15) is 5.10 Å². The van der Waals surface area contributed by atoms with Crippen LogP contribution in [0.5, 0.6) is 5.75 Å². The molecule has 0 aliphatic rings. The van der Waals surface area contributed by atoms with Gasteiger partial charge in [-0.15, -0.1) is 0 Å². The van der Waals surface area contributed by atoms with Gasteiger partial charge in [0.15, 0.2) is 6.10 Å². The predicted molar refractivity (Wildman–Crippen MR) is 120 cm³/mol. The van der Waals surface area contributed by atoms with Crippen LogP contribution in [-0.2, 0) is 14.3 Å². The van der Waals surface area contributed by atoms with E-state index in [4.69, 9.17) is 9.47 Å². The molecule has 8 nitrogen and oxygen atoms in total. The highest BCUT2D eigenvalue weighted by molar-refractivity contribution is 9.10. The average molecular weight is 490 g/mol. The fraction of sp³-hybridized carbons (Fsp3) is 0.273. The van der Waals surface area contributed by atoms with E-state index in [1.807, 2.05) is 0 Å². The van der Waals surface area contributed by atoms with Crippen molar-refractivity contribution in [1.82, 2.24) is 10.7 Å². The van der Waals surface area contributed by atoms with Crippen LogP contribution >= 0.6 is 15.9 Å². The van der Waals surface area contributed by atoms with E-state index in [9.17, 15) is 14.4 Å². The number of carbonyl (C=O) groups is 3. The summed E-state index contributed by atoms with van der Waals surface area (Å²) in [6.07, 6.45) is 0.741. The zero-order valence-corrected chi connectivity index (χ0v) is 19.0. The number of halogens is 1. The Morgan fingerprint density at radius 1 is 1.10 bits per heavy atom. The third-order valence-electron chi connectivity index (χ3n) is 4.06. The van der Waals surface area contributed by atoms with Crippen molar-refractivity contribution in [3.8, 4) is 5.75 Å². The lowest BCUT2D eigenvalue weighted by Crippen LogP contribution is -2.43. The third kappa shape index (κ3) is 7.53. The predicted octanol–water partition coefficient (Wildman–Crippen LogP) is 3.05. The molecular formula is C22H24BrN3O5. The molecule has 2 unspecified atom stereocenters. The smallest absolute Gasteiger partial charge is 0.347 e. The summed E-state index contributed by atoms with van der Waals surface area (Å²) >= 11 is 3.31. The van der Waals surface area contributed by atoms with E-state index in [-0.39, 0.29) is 5.91 Å². The molecule has 2 N–H and O–H groups in total. The maximum atomic E-state index is 12.3. The minimum absolute atomic E-state index is 0.291. The molecule has 0 heterocycles. The summed E-state index contributed by atoms with van der Waals surface area (Å²) in [5.41, 5.74) is 3.53. The van der Waals surface area contributed by atoms with Gasteiger partial charge in [-0.3, -0.25) is 9.59 Å². The van der Waals surface area contributed by atoms with Crippen molar-refractivity contribution in [2.24, 2.45) is 5.10 Å². The number of hydrogen-bond donors (Lipinski definition) is 2. The zero-order chi connectivity index (χ0) is 22.8. The van der Waals surface area contributed by atoms with Crippen LogP contribution in [0.2, 0.25) is 0 Å². The highest BCUT2D eigenvalue weighted by Gasteiger charge is 2.18. The van der Waals surface area contributed by atoms with Crippen molar-refractivity contribution in [3.05, 3.63) is 64.1 Å². The lowest BCUT2D eigenvalue weighted by molar-refractivity contribution is -0.150. The standard InChI is InChI=1S/C22H24BrN3O5/c1-4-30-22(29)15(3)31-17-11-9-16(10-12-17)13-24-26-20(27)14(2)25-21(28)18-7-5-6-8-19(18)23/h5-15H,4H2,1-3H3,(H,25,28)(H,26,27). The minimum atomic E-state index is -0.781. The second kappa shape index (κ2) is 11.8. The summed E-state index contributed by atoms with van der Waals surface area (Å²) in [5.74, 6) is -0.756. The van der Waals surface area contributed by atoms with Gasteiger partial charge in [-0.25, -0.2) is 10.2 Å². The lowest BCUT2D eigenvalue weighted by atomic mass is 10.2. The molecule has 2 rings (SSSR count). The van der Waals surface area contributed by atoms with Gasteiger partial charge in [-0.1, -0.05) is 12.1 Å². The molecule has 0 saturated carbocycles. The summed E-state index contributed by atoms with van der Waals surface area (Å²) in [6.45, 7) is 5.20. The van der Waals surface area contributed by atoms with Crippen molar-refractivity contribution in [3.63, 3.8) is 0 Å². The molecule has 0 fully saturated rings. The molecule has 0 bridgehead atoms. The largest absolute Gasteiger partial charge is 0.479 e. The molecule has 2 atom stereocenters. The van der Waals surface area contributed by atoms with Crippen LogP contribution in [0.15, 0.2) is 58.1 Å². The van der Waals surface area contributed by atoms with E-state index in [1.165, 1.54) is 6.21 Å². The Hall–Kier alpha value is -3.20. The quantitative estimate of drug-likeness (QED) is 0.319. The van der Waals surface area contributed by atoms with Crippen molar-refractivity contribution in [2.45, 2.75) is 32.9 Å². The second-order valence-corrected chi connectivity index (χ2v) is 7.34.